The predicted octanol–water partition coefficient (Wildman–Crippen LogP) is 2.61. The number of nitrogens with zero attached hydrogens (tertiary/aromatic N) is 1. The molecule has 1 amide bonds. The number of sulfone groups is 1. The van der Waals surface area contributed by atoms with Gasteiger partial charge in [0.1, 0.15) is 17.7 Å². The van der Waals surface area contributed by atoms with Crippen LogP contribution in [-0.2, 0) is 14.6 Å². The highest BCUT2D eigenvalue weighted by Crippen LogP contribution is 2.26. The fourth-order valence-electron chi connectivity index (χ4n) is 2.39. The van der Waals surface area contributed by atoms with Crippen LogP contribution in [0.15, 0.2) is 47.4 Å². The molecule has 1 atom stereocenters. The highest BCUT2D eigenvalue weighted by molar-refractivity contribution is 7.90. The van der Waals surface area contributed by atoms with E-state index in [0.29, 0.717) is 5.69 Å². The lowest BCUT2D eigenvalue weighted by Crippen LogP contribution is -2.33. The predicted molar refractivity (Wildman–Crippen MR) is 91.0 cm³/mol. The molecule has 2 aromatic rings. The summed E-state index contributed by atoms with van der Waals surface area (Å²) in [5.74, 6) is -2.27. The van der Waals surface area contributed by atoms with Gasteiger partial charge in [-0.05, 0) is 50.5 Å². The summed E-state index contributed by atoms with van der Waals surface area (Å²) in [7, 11) is -0.291. The lowest BCUT2D eigenvalue weighted by atomic mass is 10.0. The topological polar surface area (TPSA) is 66.5 Å². The molecule has 2 aromatic carbocycles. The summed E-state index contributed by atoms with van der Waals surface area (Å²) >= 11 is 0. The Kier molecular flexibility index (Phi) is 5.54. The van der Waals surface area contributed by atoms with Crippen molar-refractivity contribution in [2.75, 3.05) is 25.7 Å². The number of hydrogen-bond donors (Lipinski definition) is 1. The summed E-state index contributed by atoms with van der Waals surface area (Å²) in [4.78, 5) is 14.0. The number of anilines is 1. The van der Waals surface area contributed by atoms with Crippen molar-refractivity contribution in [3.8, 4) is 0 Å². The smallest absolute Gasteiger partial charge is 0.246 e. The van der Waals surface area contributed by atoms with Crippen LogP contribution < -0.4 is 5.32 Å². The standard InChI is InChI=1S/C17H18F2N2O3S/c1-21(2)16(15-13(18)5-4-6-14(15)19)17(22)20-11-7-9-12(10-8-11)25(3,23)24/h4-10,16H,1-3H3,(H,20,22)/t16-/m0/s1. The Morgan fingerprint density at radius 1 is 1.04 bits per heavy atom. The van der Waals surface area contributed by atoms with E-state index < -0.39 is 33.4 Å². The number of amides is 1. The molecule has 0 bridgehead atoms. The zero-order valence-corrected chi connectivity index (χ0v) is 14.8. The Hall–Kier alpha value is -2.32. The molecule has 0 aliphatic rings. The van der Waals surface area contributed by atoms with Gasteiger partial charge in [-0.15, -0.1) is 0 Å². The van der Waals surface area contributed by atoms with Crippen molar-refractivity contribution in [2.24, 2.45) is 0 Å². The molecular formula is C17H18F2N2O3S. The second-order valence-electron chi connectivity index (χ2n) is 5.79. The zero-order chi connectivity index (χ0) is 18.8. The van der Waals surface area contributed by atoms with Crippen LogP contribution >= 0.6 is 0 Å². The number of nitrogens with one attached hydrogen (secondary N) is 1. The van der Waals surface area contributed by atoms with Crippen LogP contribution in [0.25, 0.3) is 0 Å². The summed E-state index contributed by atoms with van der Waals surface area (Å²) in [5, 5.41) is 2.55. The summed E-state index contributed by atoms with van der Waals surface area (Å²) in [5.41, 5.74) is -0.0289. The van der Waals surface area contributed by atoms with Crippen molar-refractivity contribution in [2.45, 2.75) is 10.9 Å². The van der Waals surface area contributed by atoms with E-state index in [1.54, 1.807) is 0 Å². The van der Waals surface area contributed by atoms with Crippen LogP contribution in [0.4, 0.5) is 14.5 Å². The van der Waals surface area contributed by atoms with Crippen LogP contribution in [0.3, 0.4) is 0 Å². The molecule has 2 rings (SSSR count). The van der Waals surface area contributed by atoms with Gasteiger partial charge in [0.15, 0.2) is 9.84 Å². The number of carbonyl (C=O) groups is 1. The second-order valence-corrected chi connectivity index (χ2v) is 7.80. The Morgan fingerprint density at radius 3 is 2.00 bits per heavy atom. The fourth-order valence-corrected chi connectivity index (χ4v) is 3.02. The minimum Gasteiger partial charge on any atom is -0.324 e. The molecule has 0 heterocycles. The highest BCUT2D eigenvalue weighted by atomic mass is 32.2. The Bertz CT molecular complexity index is 861. The van der Waals surface area contributed by atoms with Crippen molar-refractivity contribution >= 4 is 21.4 Å². The third kappa shape index (κ3) is 4.40. The Balaban J connectivity index is 2.30. The van der Waals surface area contributed by atoms with E-state index in [9.17, 15) is 22.0 Å². The molecule has 0 aliphatic heterocycles. The monoisotopic (exact) mass is 368 g/mol. The van der Waals surface area contributed by atoms with Gasteiger partial charge in [-0.1, -0.05) is 6.07 Å². The second kappa shape index (κ2) is 7.28. The van der Waals surface area contributed by atoms with Gasteiger partial charge in [0.2, 0.25) is 5.91 Å². The minimum atomic E-state index is -3.35. The van der Waals surface area contributed by atoms with Crippen molar-refractivity contribution in [1.82, 2.24) is 4.90 Å². The molecule has 8 heteroatoms. The molecule has 0 radical (unpaired) electrons. The first-order valence-corrected chi connectivity index (χ1v) is 9.21. The first kappa shape index (κ1) is 19.0. The maximum atomic E-state index is 14.0. The van der Waals surface area contributed by atoms with Gasteiger partial charge in [-0.25, -0.2) is 17.2 Å². The Labute approximate surface area is 145 Å². The number of hydrogen-bond acceptors (Lipinski definition) is 4. The number of benzene rings is 2. The van der Waals surface area contributed by atoms with E-state index in [4.69, 9.17) is 0 Å². The van der Waals surface area contributed by atoms with E-state index in [0.717, 1.165) is 18.4 Å². The van der Waals surface area contributed by atoms with Gasteiger partial charge in [0, 0.05) is 11.9 Å². The molecular weight excluding hydrogens is 350 g/mol. The average Bonchev–Trinajstić information content (AvgIpc) is 2.50. The van der Waals surface area contributed by atoms with Gasteiger partial charge in [-0.3, -0.25) is 9.69 Å². The zero-order valence-electron chi connectivity index (χ0n) is 14.0. The molecule has 25 heavy (non-hydrogen) atoms. The maximum Gasteiger partial charge on any atom is 0.246 e. The lowest BCUT2D eigenvalue weighted by Gasteiger charge is -2.24. The van der Waals surface area contributed by atoms with Crippen LogP contribution in [0.5, 0.6) is 0 Å². The van der Waals surface area contributed by atoms with Gasteiger partial charge in [-0.2, -0.15) is 0 Å². The van der Waals surface area contributed by atoms with Crippen LogP contribution in [0, 0.1) is 11.6 Å². The molecule has 1 N–H and O–H groups in total. The first-order chi connectivity index (χ1) is 11.6. The minimum absolute atomic E-state index is 0.106. The highest BCUT2D eigenvalue weighted by Gasteiger charge is 2.29. The van der Waals surface area contributed by atoms with Crippen molar-refractivity contribution in [1.29, 1.82) is 0 Å². The summed E-state index contributed by atoms with van der Waals surface area (Å²) in [6.07, 6.45) is 1.07. The maximum absolute atomic E-state index is 14.0. The molecule has 0 spiro atoms. The van der Waals surface area contributed by atoms with Crippen LogP contribution in [0.2, 0.25) is 0 Å². The summed E-state index contributed by atoms with van der Waals surface area (Å²) in [6, 6.07) is 7.74. The molecule has 0 aromatic heterocycles. The lowest BCUT2D eigenvalue weighted by molar-refractivity contribution is -0.120. The first-order valence-electron chi connectivity index (χ1n) is 7.32. The van der Waals surface area contributed by atoms with Crippen LogP contribution in [-0.4, -0.2) is 39.6 Å². The molecule has 0 aliphatic carbocycles. The van der Waals surface area contributed by atoms with Gasteiger partial charge < -0.3 is 5.32 Å². The summed E-state index contributed by atoms with van der Waals surface area (Å²) in [6.45, 7) is 0. The van der Waals surface area contributed by atoms with Crippen molar-refractivity contribution in [3.05, 3.63) is 59.7 Å². The Morgan fingerprint density at radius 2 is 1.56 bits per heavy atom. The largest absolute Gasteiger partial charge is 0.324 e. The number of likely N-dealkylation sites (N-methyl/N-ethyl adjacent to an activating group) is 1. The normalized spacial score (nSPS) is 12.9. The third-order valence-electron chi connectivity index (χ3n) is 3.59. The van der Waals surface area contributed by atoms with Gasteiger partial charge in [0.05, 0.1) is 10.5 Å². The van der Waals surface area contributed by atoms with E-state index >= 15 is 0 Å². The number of halogens is 2. The van der Waals surface area contributed by atoms with Crippen molar-refractivity contribution in [3.63, 3.8) is 0 Å². The van der Waals surface area contributed by atoms with E-state index in [2.05, 4.69) is 5.32 Å². The van der Waals surface area contributed by atoms with E-state index in [-0.39, 0.29) is 10.5 Å². The average molecular weight is 368 g/mol. The SMILES string of the molecule is CN(C)[C@H](C(=O)Nc1ccc(S(C)(=O)=O)cc1)c1c(F)cccc1F. The molecule has 0 fully saturated rings. The molecule has 0 saturated carbocycles. The molecule has 0 saturated heterocycles. The number of carbonyl (C=O) groups excluding carboxylic acids is 1. The quantitative estimate of drug-likeness (QED) is 0.881. The van der Waals surface area contributed by atoms with Gasteiger partial charge >= 0.3 is 0 Å². The summed E-state index contributed by atoms with van der Waals surface area (Å²) < 4.78 is 51.0. The molecule has 134 valence electrons. The fraction of sp³-hybridized carbons (Fsp3) is 0.235. The van der Waals surface area contributed by atoms with Crippen LogP contribution in [0.1, 0.15) is 11.6 Å². The molecule has 0 unspecified atom stereocenters. The number of rotatable bonds is 5. The van der Waals surface area contributed by atoms with E-state index in [1.165, 1.54) is 49.3 Å². The van der Waals surface area contributed by atoms with E-state index in [1.807, 2.05) is 0 Å². The molecule has 5 nitrogen and oxygen atoms in total. The van der Waals surface area contributed by atoms with Gasteiger partial charge in [0.25, 0.3) is 0 Å². The third-order valence-corrected chi connectivity index (χ3v) is 4.72. The van der Waals surface area contributed by atoms with Crippen molar-refractivity contribution < 1.29 is 22.0 Å².